The molecule has 56 heavy (non-hydrogen) atoms. The second-order valence-corrected chi connectivity index (χ2v) is 17.2. The van der Waals surface area contributed by atoms with Gasteiger partial charge in [0.25, 0.3) is 0 Å². The summed E-state index contributed by atoms with van der Waals surface area (Å²) >= 11 is 0. The van der Waals surface area contributed by atoms with Gasteiger partial charge in [0.1, 0.15) is 12.1 Å². The van der Waals surface area contributed by atoms with Gasteiger partial charge in [-0.25, -0.2) is 4.79 Å². The molecule has 0 radical (unpaired) electrons. The number of hydrogen-bond donors (Lipinski definition) is 3. The maximum absolute atomic E-state index is 12.9. The van der Waals surface area contributed by atoms with Crippen molar-refractivity contribution < 1.29 is 24.2 Å². The largest absolute Gasteiger partial charge is 0.480 e. The van der Waals surface area contributed by atoms with E-state index in [2.05, 4.69) is 19.2 Å². The molecule has 0 saturated heterocycles. The van der Waals surface area contributed by atoms with E-state index in [1.54, 1.807) is 0 Å². The lowest BCUT2D eigenvalue weighted by molar-refractivity contribution is -0.150. The molecule has 0 saturated carbocycles. The molecule has 2 atom stereocenters. The summed E-state index contributed by atoms with van der Waals surface area (Å²) in [6, 6.07) is -0.852. The van der Waals surface area contributed by atoms with Crippen molar-refractivity contribution in [2.45, 2.75) is 289 Å². The number of unbranched alkanes of at least 4 members (excludes halogenated alkanes) is 32. The van der Waals surface area contributed by atoms with Crippen LogP contribution in [0.15, 0.2) is 0 Å². The minimum atomic E-state index is -0.999. The number of hydrogen-bond acceptors (Lipinski definition) is 5. The number of carboxylic acids is 1. The van der Waals surface area contributed by atoms with Gasteiger partial charge in [-0.05, 0) is 57.9 Å². The molecule has 0 aromatic heterocycles. The first-order valence-corrected chi connectivity index (χ1v) is 24.9. The Balaban J connectivity index is 4.26. The van der Waals surface area contributed by atoms with E-state index in [9.17, 15) is 19.5 Å². The van der Waals surface area contributed by atoms with Crippen LogP contribution in [0.3, 0.4) is 0 Å². The monoisotopic (exact) mass is 793 g/mol. The highest BCUT2D eigenvalue weighted by molar-refractivity contribution is 5.83. The molecule has 0 aliphatic rings. The number of aliphatic carboxylic acids is 1. The van der Waals surface area contributed by atoms with Gasteiger partial charge in [0, 0.05) is 12.8 Å². The molecule has 0 spiro atoms. The third-order valence-electron chi connectivity index (χ3n) is 11.7. The number of carbonyl (C=O) groups excluding carboxylic acids is 2. The van der Waals surface area contributed by atoms with Gasteiger partial charge in [-0.2, -0.15) is 0 Å². The first-order chi connectivity index (χ1) is 27.4. The predicted octanol–water partition coefficient (Wildman–Crippen LogP) is 14.5. The smallest absolute Gasteiger partial charge is 0.326 e. The van der Waals surface area contributed by atoms with E-state index >= 15 is 0 Å². The summed E-state index contributed by atoms with van der Waals surface area (Å²) in [7, 11) is 0. The number of nitrogens with one attached hydrogen (secondary N) is 1. The predicted molar refractivity (Wildman–Crippen MR) is 239 cm³/mol. The number of nitrogens with two attached hydrogens (primary N) is 1. The molecule has 4 N–H and O–H groups in total. The molecule has 0 aromatic carbocycles. The molecule has 0 heterocycles. The number of ether oxygens (including phenoxy) is 1. The van der Waals surface area contributed by atoms with Crippen molar-refractivity contribution in [2.75, 3.05) is 6.54 Å². The summed E-state index contributed by atoms with van der Waals surface area (Å²) in [4.78, 5) is 36.5. The summed E-state index contributed by atoms with van der Waals surface area (Å²) in [6.07, 6.45) is 48.7. The Morgan fingerprint density at radius 1 is 0.446 bits per heavy atom. The van der Waals surface area contributed by atoms with Crippen LogP contribution in [0.2, 0.25) is 0 Å². The van der Waals surface area contributed by atoms with Crippen LogP contribution in [0, 0.1) is 0 Å². The molecule has 0 aliphatic heterocycles. The number of rotatable bonds is 46. The zero-order valence-corrected chi connectivity index (χ0v) is 37.5. The van der Waals surface area contributed by atoms with Gasteiger partial charge < -0.3 is 20.9 Å². The van der Waals surface area contributed by atoms with Gasteiger partial charge in [-0.1, -0.05) is 213 Å². The molecule has 7 nitrogen and oxygen atoms in total. The normalized spacial score (nSPS) is 12.5. The van der Waals surface area contributed by atoms with Gasteiger partial charge in [0.15, 0.2) is 0 Å². The van der Waals surface area contributed by atoms with Crippen molar-refractivity contribution in [2.24, 2.45) is 5.73 Å². The van der Waals surface area contributed by atoms with Gasteiger partial charge in [-0.15, -0.1) is 0 Å². The lowest BCUT2D eigenvalue weighted by Crippen LogP contribution is -2.40. The molecular weight excluding hydrogens is 697 g/mol. The average molecular weight is 793 g/mol. The lowest BCUT2D eigenvalue weighted by atomic mass is 10.0. The molecule has 1 amide bonds. The Morgan fingerprint density at radius 3 is 1.11 bits per heavy atom. The highest BCUT2D eigenvalue weighted by atomic mass is 16.5. The Bertz CT molecular complexity index is 852. The fraction of sp³-hybridized carbons (Fsp3) is 0.939. The fourth-order valence-corrected chi connectivity index (χ4v) is 7.92. The van der Waals surface area contributed by atoms with E-state index in [1.165, 1.54) is 173 Å². The second-order valence-electron chi connectivity index (χ2n) is 17.2. The molecule has 332 valence electrons. The minimum absolute atomic E-state index is 0.0113. The Morgan fingerprint density at radius 2 is 0.768 bits per heavy atom. The van der Waals surface area contributed by atoms with Gasteiger partial charge in [-0.3, -0.25) is 9.59 Å². The standard InChI is InChI=1S/C49H96N2O5/c1-3-5-7-9-11-13-15-17-19-21-23-25-27-30-34-39-45(40-35-31-29-32-36-42-47(52)51-46(49(54)55)41-38-44-50)56-48(53)43-37-33-28-26-24-22-20-18-16-14-12-10-8-6-4-2/h45-46H,3-44,50H2,1-2H3,(H,51,52)(H,54,55). The van der Waals surface area contributed by atoms with E-state index < -0.39 is 12.0 Å². The van der Waals surface area contributed by atoms with Gasteiger partial charge in [0.2, 0.25) is 5.91 Å². The van der Waals surface area contributed by atoms with Crippen molar-refractivity contribution >= 4 is 17.8 Å². The number of carboxylic acid groups (broad SMARTS) is 1. The molecule has 0 aromatic rings. The molecule has 0 rings (SSSR count). The van der Waals surface area contributed by atoms with E-state index in [4.69, 9.17) is 10.5 Å². The lowest BCUT2D eigenvalue weighted by Gasteiger charge is -2.18. The van der Waals surface area contributed by atoms with Crippen molar-refractivity contribution in [1.82, 2.24) is 5.32 Å². The molecule has 0 aliphatic carbocycles. The molecule has 7 heteroatoms. The average Bonchev–Trinajstić information content (AvgIpc) is 3.18. The zero-order chi connectivity index (χ0) is 41.0. The molecule has 2 unspecified atom stereocenters. The quantitative estimate of drug-likeness (QED) is 0.0417. The van der Waals surface area contributed by atoms with E-state index in [1.807, 2.05) is 0 Å². The summed E-state index contributed by atoms with van der Waals surface area (Å²) < 4.78 is 6.08. The zero-order valence-electron chi connectivity index (χ0n) is 37.5. The van der Waals surface area contributed by atoms with Gasteiger partial charge in [0.05, 0.1) is 0 Å². The number of amides is 1. The maximum atomic E-state index is 12.9. The van der Waals surface area contributed by atoms with Gasteiger partial charge >= 0.3 is 11.9 Å². The Labute approximate surface area is 348 Å². The van der Waals surface area contributed by atoms with Crippen molar-refractivity contribution in [1.29, 1.82) is 0 Å². The molecule has 0 fully saturated rings. The minimum Gasteiger partial charge on any atom is -0.480 e. The molecule has 0 bridgehead atoms. The summed E-state index contributed by atoms with van der Waals surface area (Å²) in [5.41, 5.74) is 5.50. The maximum Gasteiger partial charge on any atom is 0.326 e. The van der Waals surface area contributed by atoms with Crippen LogP contribution in [-0.4, -0.2) is 41.6 Å². The fourth-order valence-electron chi connectivity index (χ4n) is 7.92. The summed E-state index contributed by atoms with van der Waals surface area (Å²) in [5.74, 6) is -1.21. The Hall–Kier alpha value is -1.63. The van der Waals surface area contributed by atoms with Crippen molar-refractivity contribution in [3.63, 3.8) is 0 Å². The van der Waals surface area contributed by atoms with Crippen LogP contribution in [0.5, 0.6) is 0 Å². The molecular formula is C49H96N2O5. The summed E-state index contributed by atoms with van der Waals surface area (Å²) in [5, 5.41) is 12.0. The van der Waals surface area contributed by atoms with Crippen molar-refractivity contribution in [3.8, 4) is 0 Å². The number of esters is 1. The third-order valence-corrected chi connectivity index (χ3v) is 11.7. The van der Waals surface area contributed by atoms with E-state index in [0.29, 0.717) is 32.2 Å². The van der Waals surface area contributed by atoms with Crippen LogP contribution >= 0.6 is 0 Å². The second kappa shape index (κ2) is 44.5. The van der Waals surface area contributed by atoms with Crippen LogP contribution in [-0.2, 0) is 19.1 Å². The topological polar surface area (TPSA) is 119 Å². The highest BCUT2D eigenvalue weighted by Gasteiger charge is 2.19. The van der Waals surface area contributed by atoms with Crippen molar-refractivity contribution in [3.05, 3.63) is 0 Å². The van der Waals surface area contributed by atoms with E-state index in [-0.39, 0.29) is 18.0 Å². The first-order valence-electron chi connectivity index (χ1n) is 24.9. The highest BCUT2D eigenvalue weighted by Crippen LogP contribution is 2.20. The van der Waals surface area contributed by atoms with E-state index in [0.717, 1.165) is 64.2 Å². The van der Waals surface area contributed by atoms with Crippen LogP contribution in [0.25, 0.3) is 0 Å². The third kappa shape index (κ3) is 40.6. The van der Waals surface area contributed by atoms with Crippen LogP contribution in [0.4, 0.5) is 0 Å². The summed E-state index contributed by atoms with van der Waals surface area (Å²) in [6.45, 7) is 4.98. The number of carbonyl (C=O) groups is 3. The SMILES string of the molecule is CCCCCCCCCCCCCCCCCC(=O)OC(CCCCCCCCCCCCCCCCC)CCCCCCCC(=O)NC(CCCN)C(=O)O. The first kappa shape index (κ1) is 54.4. The van der Waals surface area contributed by atoms with Crippen LogP contribution < -0.4 is 11.1 Å². The Kier molecular flexibility index (Phi) is 43.2. The van der Waals surface area contributed by atoms with Crippen LogP contribution in [0.1, 0.15) is 277 Å².